The molecule has 2 N–H and O–H groups in total. The van der Waals surface area contributed by atoms with Gasteiger partial charge >= 0.3 is 0 Å². The molecule has 7 heteroatoms. The Bertz CT molecular complexity index is 499. The SMILES string of the molecule is CCC(C)C(=O)NCC(=O)NCC1C[C@H]2CC[C@@H](C1)N2C/C(Cl)=C/Cl. The lowest BCUT2D eigenvalue weighted by Gasteiger charge is -2.38. The fourth-order valence-corrected chi connectivity index (χ4v) is 4.08. The van der Waals surface area contributed by atoms with E-state index in [4.69, 9.17) is 23.2 Å². The van der Waals surface area contributed by atoms with Crippen molar-refractivity contribution in [2.24, 2.45) is 11.8 Å². The smallest absolute Gasteiger partial charge is 0.239 e. The summed E-state index contributed by atoms with van der Waals surface area (Å²) >= 11 is 11.8. The van der Waals surface area contributed by atoms with Gasteiger partial charge in [-0.25, -0.2) is 0 Å². The molecular formula is C18H29Cl2N3O2. The second-order valence-electron chi connectivity index (χ2n) is 7.28. The van der Waals surface area contributed by atoms with Crippen molar-refractivity contribution in [1.82, 2.24) is 15.5 Å². The van der Waals surface area contributed by atoms with E-state index in [2.05, 4.69) is 15.5 Å². The highest BCUT2D eigenvalue weighted by molar-refractivity contribution is 6.36. The second-order valence-corrected chi connectivity index (χ2v) is 7.99. The van der Waals surface area contributed by atoms with Gasteiger partial charge in [-0.1, -0.05) is 37.0 Å². The molecule has 25 heavy (non-hydrogen) atoms. The maximum absolute atomic E-state index is 12.0. The average molecular weight is 390 g/mol. The first kappa shape index (κ1) is 20.5. The molecule has 0 radical (unpaired) electrons. The highest BCUT2D eigenvalue weighted by Gasteiger charge is 2.40. The third-order valence-electron chi connectivity index (χ3n) is 5.51. The number of piperidine rings is 1. The van der Waals surface area contributed by atoms with Crippen molar-refractivity contribution in [1.29, 1.82) is 0 Å². The number of carbonyl (C=O) groups excluding carboxylic acids is 2. The Morgan fingerprint density at radius 1 is 1.24 bits per heavy atom. The first-order valence-electron chi connectivity index (χ1n) is 9.19. The number of amides is 2. The van der Waals surface area contributed by atoms with Crippen LogP contribution in [0.5, 0.6) is 0 Å². The molecule has 2 aliphatic heterocycles. The Morgan fingerprint density at radius 3 is 2.44 bits per heavy atom. The molecule has 2 bridgehead atoms. The largest absolute Gasteiger partial charge is 0.354 e. The summed E-state index contributed by atoms with van der Waals surface area (Å²) in [5.41, 5.74) is 1.45. The minimum Gasteiger partial charge on any atom is -0.354 e. The summed E-state index contributed by atoms with van der Waals surface area (Å²) in [7, 11) is 0. The highest BCUT2D eigenvalue weighted by Crippen LogP contribution is 2.39. The van der Waals surface area contributed by atoms with E-state index >= 15 is 0 Å². The normalized spacial score (nSPS) is 27.8. The molecule has 0 aromatic heterocycles. The molecule has 2 amide bonds. The van der Waals surface area contributed by atoms with Crippen molar-refractivity contribution in [3.05, 3.63) is 10.6 Å². The van der Waals surface area contributed by atoms with Crippen molar-refractivity contribution >= 4 is 35.0 Å². The van der Waals surface area contributed by atoms with Crippen molar-refractivity contribution in [3.63, 3.8) is 0 Å². The van der Waals surface area contributed by atoms with E-state index in [9.17, 15) is 9.59 Å². The highest BCUT2D eigenvalue weighted by atomic mass is 35.5. The Hall–Kier alpha value is -0.780. The average Bonchev–Trinajstić information content (AvgIpc) is 2.84. The van der Waals surface area contributed by atoms with Crippen molar-refractivity contribution in [2.75, 3.05) is 19.6 Å². The van der Waals surface area contributed by atoms with E-state index in [0.717, 1.165) is 25.8 Å². The molecule has 4 atom stereocenters. The molecule has 0 saturated carbocycles. The predicted octanol–water partition coefficient (Wildman–Crippen LogP) is 2.83. The fourth-order valence-electron chi connectivity index (χ4n) is 3.87. The molecule has 0 aromatic carbocycles. The summed E-state index contributed by atoms with van der Waals surface area (Å²) < 4.78 is 0. The van der Waals surface area contributed by atoms with E-state index in [0.29, 0.717) is 29.6 Å². The minimum absolute atomic E-state index is 0.0541. The zero-order valence-corrected chi connectivity index (χ0v) is 16.6. The molecule has 0 aliphatic carbocycles. The Balaban J connectivity index is 1.71. The maximum Gasteiger partial charge on any atom is 0.239 e. The molecule has 2 rings (SSSR count). The maximum atomic E-state index is 12.0. The zero-order chi connectivity index (χ0) is 18.4. The summed E-state index contributed by atoms with van der Waals surface area (Å²) in [5, 5.41) is 6.35. The number of carbonyl (C=O) groups is 2. The van der Waals surface area contributed by atoms with E-state index in [1.165, 1.54) is 18.4 Å². The van der Waals surface area contributed by atoms with Crippen LogP contribution in [0.4, 0.5) is 0 Å². The van der Waals surface area contributed by atoms with Gasteiger partial charge in [0.1, 0.15) is 0 Å². The number of hydrogen-bond donors (Lipinski definition) is 2. The van der Waals surface area contributed by atoms with Crippen LogP contribution < -0.4 is 10.6 Å². The minimum atomic E-state index is -0.112. The number of rotatable bonds is 8. The topological polar surface area (TPSA) is 61.4 Å². The summed E-state index contributed by atoms with van der Waals surface area (Å²) in [4.78, 5) is 26.1. The lowest BCUT2D eigenvalue weighted by atomic mass is 9.90. The van der Waals surface area contributed by atoms with E-state index in [1.54, 1.807) is 0 Å². The molecule has 0 aromatic rings. The van der Waals surface area contributed by atoms with Gasteiger partial charge in [-0.05, 0) is 38.0 Å². The Labute approximate surface area is 160 Å². The van der Waals surface area contributed by atoms with Gasteiger partial charge in [0.15, 0.2) is 0 Å². The monoisotopic (exact) mass is 389 g/mol. The summed E-state index contributed by atoms with van der Waals surface area (Å²) in [6, 6.07) is 1.05. The van der Waals surface area contributed by atoms with Gasteiger partial charge in [0.25, 0.3) is 0 Å². The fraction of sp³-hybridized carbons (Fsp3) is 0.778. The third-order valence-corrected chi connectivity index (χ3v) is 6.11. The molecule has 0 spiro atoms. The van der Waals surface area contributed by atoms with E-state index < -0.39 is 0 Å². The quantitative estimate of drug-likeness (QED) is 0.670. The lowest BCUT2D eigenvalue weighted by Crippen LogP contribution is -2.47. The summed E-state index contributed by atoms with van der Waals surface area (Å²) in [6.45, 7) is 5.29. The lowest BCUT2D eigenvalue weighted by molar-refractivity contribution is -0.128. The third kappa shape index (κ3) is 5.87. The number of hydrogen-bond acceptors (Lipinski definition) is 3. The van der Waals surface area contributed by atoms with Gasteiger partial charge in [0.05, 0.1) is 6.54 Å². The summed E-state index contributed by atoms with van der Waals surface area (Å²) in [6.07, 6.45) is 5.29. The number of nitrogens with zero attached hydrogens (tertiary/aromatic N) is 1. The van der Waals surface area contributed by atoms with Gasteiger partial charge in [-0.2, -0.15) is 0 Å². The Kier molecular flexibility index (Phi) is 8.04. The summed E-state index contributed by atoms with van der Waals surface area (Å²) in [5.74, 6) is 0.260. The molecule has 2 fully saturated rings. The molecule has 142 valence electrons. The first-order chi connectivity index (χ1) is 11.9. The molecule has 2 aliphatic rings. The van der Waals surface area contributed by atoms with Crippen LogP contribution in [0.15, 0.2) is 10.6 Å². The van der Waals surface area contributed by atoms with Crippen LogP contribution in [0.2, 0.25) is 0 Å². The predicted molar refractivity (Wildman–Crippen MR) is 102 cm³/mol. The number of fused-ring (bicyclic) bond motifs is 2. The molecular weight excluding hydrogens is 361 g/mol. The van der Waals surface area contributed by atoms with Crippen molar-refractivity contribution in [2.45, 2.75) is 58.0 Å². The zero-order valence-electron chi connectivity index (χ0n) is 15.1. The molecule has 2 heterocycles. The van der Waals surface area contributed by atoms with Gasteiger partial charge in [-0.15, -0.1) is 0 Å². The van der Waals surface area contributed by atoms with Crippen LogP contribution in [0, 0.1) is 11.8 Å². The second kappa shape index (κ2) is 9.79. The van der Waals surface area contributed by atoms with Crippen LogP contribution in [0.3, 0.4) is 0 Å². The van der Waals surface area contributed by atoms with Gasteiger partial charge in [-0.3, -0.25) is 14.5 Å². The van der Waals surface area contributed by atoms with Crippen LogP contribution >= 0.6 is 23.2 Å². The molecule has 5 nitrogen and oxygen atoms in total. The Morgan fingerprint density at radius 2 is 1.88 bits per heavy atom. The van der Waals surface area contributed by atoms with Crippen LogP contribution in [-0.4, -0.2) is 48.4 Å². The molecule has 2 unspecified atom stereocenters. The van der Waals surface area contributed by atoms with E-state index in [-0.39, 0.29) is 24.3 Å². The van der Waals surface area contributed by atoms with Crippen molar-refractivity contribution < 1.29 is 9.59 Å². The first-order valence-corrected chi connectivity index (χ1v) is 10.0. The standard InChI is InChI=1S/C18H29Cl2N3O2/c1-3-12(2)18(25)22-10-17(24)21-9-13-6-15-4-5-16(7-13)23(15)11-14(20)8-19/h8,12-13,15-16H,3-7,9-11H2,1-2H3,(H,21,24)(H,22,25)/b14-8-/t12?,13?,15-,16+. The van der Waals surface area contributed by atoms with Gasteiger partial charge < -0.3 is 10.6 Å². The molecule has 2 saturated heterocycles. The van der Waals surface area contributed by atoms with E-state index in [1.807, 2.05) is 13.8 Å². The van der Waals surface area contributed by atoms with Crippen molar-refractivity contribution in [3.8, 4) is 0 Å². The van der Waals surface area contributed by atoms with Crippen LogP contribution in [0.25, 0.3) is 0 Å². The van der Waals surface area contributed by atoms with Crippen LogP contribution in [0.1, 0.15) is 46.0 Å². The number of nitrogens with one attached hydrogen (secondary N) is 2. The van der Waals surface area contributed by atoms with Gasteiger partial charge in [0.2, 0.25) is 11.8 Å². The van der Waals surface area contributed by atoms with Gasteiger partial charge in [0, 0.05) is 41.7 Å². The number of halogens is 2. The van der Waals surface area contributed by atoms with Crippen LogP contribution in [-0.2, 0) is 9.59 Å².